The van der Waals surface area contributed by atoms with Crippen LogP contribution < -0.4 is 10.1 Å². The van der Waals surface area contributed by atoms with E-state index in [-0.39, 0.29) is 16.5 Å². The molecule has 1 aliphatic heterocycles. The summed E-state index contributed by atoms with van der Waals surface area (Å²) in [5.41, 5.74) is 5.35. The third kappa shape index (κ3) is 1.63. The molecule has 1 fully saturated rings. The zero-order valence-electron chi connectivity index (χ0n) is 17.5. The molecule has 1 aliphatic carbocycles. The molecule has 2 atom stereocenters. The highest BCUT2D eigenvalue weighted by Gasteiger charge is 2.73. The number of rotatable bonds is 4. The minimum Gasteiger partial charge on any atom is -0.240 e. The van der Waals surface area contributed by atoms with Crippen LogP contribution in [0.5, 0.6) is 0 Å². The second kappa shape index (κ2) is 5.48. The highest BCUT2D eigenvalue weighted by Crippen LogP contribution is 2.67. The van der Waals surface area contributed by atoms with Gasteiger partial charge in [0.25, 0.3) is 5.65 Å². The Morgan fingerprint density at radius 3 is 2.50 bits per heavy atom. The first-order chi connectivity index (χ1) is 14.6. The van der Waals surface area contributed by atoms with Crippen molar-refractivity contribution in [1.82, 2.24) is 4.40 Å². The molecule has 3 heterocycles. The number of fused-ring (bicyclic) bond motifs is 5. The summed E-state index contributed by atoms with van der Waals surface area (Å²) in [6.07, 6.45) is 6.90. The fourth-order valence-corrected chi connectivity index (χ4v) is 6.61. The Morgan fingerprint density at radius 2 is 1.80 bits per heavy atom. The van der Waals surface area contributed by atoms with Crippen LogP contribution in [0.15, 0.2) is 60.4 Å². The third-order valence-electron chi connectivity index (χ3n) is 7.99. The van der Waals surface area contributed by atoms with Crippen molar-refractivity contribution < 1.29 is 4.57 Å². The Hall–Kier alpha value is -3.20. The van der Waals surface area contributed by atoms with Gasteiger partial charge in [0.15, 0.2) is 0 Å². The van der Waals surface area contributed by atoms with Crippen LogP contribution in [0.2, 0.25) is 0 Å². The first-order valence-electron chi connectivity index (χ1n) is 10.8. The van der Waals surface area contributed by atoms with E-state index >= 15 is 0 Å². The maximum Gasteiger partial charge on any atom is 0.350 e. The van der Waals surface area contributed by atoms with Crippen molar-refractivity contribution in [2.45, 2.75) is 44.1 Å². The lowest BCUT2D eigenvalue weighted by molar-refractivity contribution is -0.699. The lowest BCUT2D eigenvalue weighted by atomic mass is 9.80. The van der Waals surface area contributed by atoms with Crippen molar-refractivity contribution in [2.75, 3.05) is 0 Å². The van der Waals surface area contributed by atoms with Gasteiger partial charge in [-0.2, -0.15) is 4.40 Å². The number of hydrogen-bond acceptors (Lipinski definition) is 1. The van der Waals surface area contributed by atoms with Crippen LogP contribution in [-0.4, -0.2) is 4.40 Å². The molecule has 2 aliphatic rings. The molecule has 3 nitrogen and oxygen atoms in total. The van der Waals surface area contributed by atoms with Crippen molar-refractivity contribution in [1.29, 1.82) is 0 Å². The molecule has 0 amide bonds. The van der Waals surface area contributed by atoms with E-state index in [0.717, 1.165) is 52.5 Å². The monoisotopic (exact) mass is 393 g/mol. The molecule has 1 saturated carbocycles. The summed E-state index contributed by atoms with van der Waals surface area (Å²) in [4.78, 5) is 13.8. The minimum atomic E-state index is -0.00424. The van der Waals surface area contributed by atoms with Gasteiger partial charge in [0.1, 0.15) is 22.1 Å². The highest BCUT2D eigenvalue weighted by atomic mass is 16.1. The number of benzene rings is 2. The van der Waals surface area contributed by atoms with Crippen LogP contribution in [0.3, 0.4) is 0 Å². The Kier molecular flexibility index (Phi) is 3.22. The molecule has 0 spiro atoms. The quantitative estimate of drug-likeness (QED) is 0.261. The van der Waals surface area contributed by atoms with Crippen LogP contribution in [0.1, 0.15) is 49.9 Å². The average Bonchev–Trinajstić information content (AvgIpc) is 3.49. The smallest absolute Gasteiger partial charge is 0.240 e. The van der Waals surface area contributed by atoms with Gasteiger partial charge in [0.05, 0.1) is 5.39 Å². The number of para-hydroxylation sites is 1. The summed E-state index contributed by atoms with van der Waals surface area (Å²) in [5.74, 6) is 0. The molecular weight excluding hydrogens is 368 g/mol. The number of pyridine rings is 1. The molecule has 6 rings (SSSR count). The van der Waals surface area contributed by atoms with Gasteiger partial charge < -0.3 is 0 Å². The molecule has 2 aromatic heterocycles. The second-order valence-corrected chi connectivity index (χ2v) is 8.75. The molecule has 0 radical (unpaired) electrons. The Balaban J connectivity index is 2.08. The lowest BCUT2D eigenvalue weighted by Gasteiger charge is -2.31. The summed E-state index contributed by atoms with van der Waals surface area (Å²) in [5, 5.41) is 3.12. The van der Waals surface area contributed by atoms with Gasteiger partial charge in [-0.05, 0) is 36.6 Å². The molecule has 3 heteroatoms. The number of nitrogens with zero attached hydrogens (tertiary/aromatic N) is 2. The zero-order chi connectivity index (χ0) is 20.8. The largest absolute Gasteiger partial charge is 0.350 e. The van der Waals surface area contributed by atoms with E-state index in [1.165, 1.54) is 10.9 Å². The maximum atomic E-state index is 13.8. The van der Waals surface area contributed by atoms with Gasteiger partial charge in [-0.3, -0.25) is 0 Å². The molecule has 0 saturated heterocycles. The van der Waals surface area contributed by atoms with Gasteiger partial charge >= 0.3 is 5.56 Å². The fraction of sp³-hybridized carbons (Fsp3) is 0.259. The summed E-state index contributed by atoms with van der Waals surface area (Å²) in [7, 11) is 0. The van der Waals surface area contributed by atoms with Crippen LogP contribution in [0.4, 0.5) is 0 Å². The molecule has 4 aromatic rings. The predicted molar refractivity (Wildman–Crippen MR) is 124 cm³/mol. The Labute approximate surface area is 175 Å². The van der Waals surface area contributed by atoms with Crippen molar-refractivity contribution in [3.05, 3.63) is 82.8 Å². The van der Waals surface area contributed by atoms with E-state index < -0.39 is 0 Å². The maximum absolute atomic E-state index is 13.8. The van der Waals surface area contributed by atoms with E-state index in [0.29, 0.717) is 0 Å². The molecule has 0 N–H and O–H groups in total. The van der Waals surface area contributed by atoms with Gasteiger partial charge in [-0.1, -0.05) is 63.4 Å². The normalized spacial score (nSPS) is 23.8. The average molecular weight is 394 g/mol. The predicted octanol–water partition coefficient (Wildman–Crippen LogP) is 5.35. The molecule has 30 heavy (non-hydrogen) atoms. The zero-order valence-corrected chi connectivity index (χ0v) is 17.5. The van der Waals surface area contributed by atoms with Crippen LogP contribution in [0.25, 0.3) is 39.5 Å². The van der Waals surface area contributed by atoms with E-state index in [9.17, 15) is 4.79 Å². The first kappa shape index (κ1) is 17.6. The van der Waals surface area contributed by atoms with Crippen molar-refractivity contribution >= 4 is 39.5 Å². The molecule has 0 bridgehead atoms. The van der Waals surface area contributed by atoms with E-state index in [4.69, 9.17) is 0 Å². The number of aromatic nitrogens is 2. The van der Waals surface area contributed by atoms with E-state index in [2.05, 4.69) is 55.8 Å². The second-order valence-electron chi connectivity index (χ2n) is 8.75. The lowest BCUT2D eigenvalue weighted by Crippen LogP contribution is -2.56. The van der Waals surface area contributed by atoms with Gasteiger partial charge in [0.2, 0.25) is 0 Å². The highest BCUT2D eigenvalue weighted by molar-refractivity contribution is 6.04. The minimum absolute atomic E-state index is 0.00424. The molecular formula is C27H25N2O+. The molecule has 148 valence electrons. The van der Waals surface area contributed by atoms with Crippen molar-refractivity contribution in [3.63, 3.8) is 0 Å². The third-order valence-corrected chi connectivity index (χ3v) is 7.99. The first-order valence-corrected chi connectivity index (χ1v) is 10.8. The standard InChI is InChI=1S/C27H25N2O/c1-5-17-18-13-11-14-20-23(18)24-28(21(17)6-2)25(30)19-12-9-10-15-22(19)29(24)27(8-4)16-26(20,27)7-3/h5-6,9-15H,1-2,7-8,16H2,3-4H3/q+1. The molecule has 2 aromatic carbocycles. The molecule has 2 unspecified atom stereocenters. The summed E-state index contributed by atoms with van der Waals surface area (Å²) in [6.45, 7) is 12.8. The fourth-order valence-electron chi connectivity index (χ4n) is 6.61. The SMILES string of the molecule is C=Cc1c(C=C)n2c(=O)c3ccccc3[n+]3c2c2c(cccc12)C1(CC)CC31CC. The van der Waals surface area contributed by atoms with Crippen LogP contribution in [-0.2, 0) is 11.0 Å². The van der Waals surface area contributed by atoms with E-state index in [1.54, 1.807) is 6.08 Å². The Bertz CT molecular complexity index is 1510. The van der Waals surface area contributed by atoms with Crippen molar-refractivity contribution in [3.8, 4) is 0 Å². The Morgan fingerprint density at radius 1 is 1.03 bits per heavy atom. The summed E-state index contributed by atoms with van der Waals surface area (Å²) >= 11 is 0. The van der Waals surface area contributed by atoms with E-state index in [1.807, 2.05) is 28.7 Å². The summed E-state index contributed by atoms with van der Waals surface area (Å²) in [6, 6.07) is 14.7. The van der Waals surface area contributed by atoms with Gasteiger partial charge in [-0.25, -0.2) is 9.36 Å². The van der Waals surface area contributed by atoms with Gasteiger partial charge in [-0.15, -0.1) is 0 Å². The van der Waals surface area contributed by atoms with Gasteiger partial charge in [0, 0.05) is 22.8 Å². The number of hydrogen-bond donors (Lipinski definition) is 0. The van der Waals surface area contributed by atoms with Crippen LogP contribution in [0, 0.1) is 0 Å². The summed E-state index contributed by atoms with van der Waals surface area (Å²) < 4.78 is 4.40. The topological polar surface area (TPSA) is 25.4 Å². The van der Waals surface area contributed by atoms with Crippen LogP contribution >= 0.6 is 0 Å². The van der Waals surface area contributed by atoms with Crippen molar-refractivity contribution in [2.24, 2.45) is 0 Å².